The fraction of sp³-hybridized carbons (Fsp3) is 0.500. The quantitative estimate of drug-likeness (QED) is 0.593. The largest absolute Gasteiger partial charge is 0.491 e. The Bertz CT molecular complexity index is 289. The number of benzene rings is 1. The summed E-state index contributed by atoms with van der Waals surface area (Å²) in [6, 6.07) is 7.99. The third-order valence-electron chi connectivity index (χ3n) is 1.85. The first-order valence-electron chi connectivity index (χ1n) is 5.29. The molecule has 0 atom stereocenters. The van der Waals surface area contributed by atoms with Crippen LogP contribution < -0.4 is 10.1 Å². The lowest BCUT2D eigenvalue weighted by Crippen LogP contribution is -2.06. The molecule has 0 bridgehead atoms. The van der Waals surface area contributed by atoms with Crippen molar-refractivity contribution in [3.05, 3.63) is 24.3 Å². The van der Waals surface area contributed by atoms with Crippen LogP contribution in [0.2, 0.25) is 0 Å². The van der Waals surface area contributed by atoms with Gasteiger partial charge >= 0.3 is 0 Å². The van der Waals surface area contributed by atoms with Crippen molar-refractivity contribution in [1.29, 1.82) is 0 Å². The average Bonchev–Trinajstić information content (AvgIpc) is 2.18. The second-order valence-electron chi connectivity index (χ2n) is 3.66. The van der Waals surface area contributed by atoms with Gasteiger partial charge in [-0.1, -0.05) is 6.07 Å². The van der Waals surface area contributed by atoms with Gasteiger partial charge in [0.05, 0.1) is 6.10 Å². The van der Waals surface area contributed by atoms with Crippen molar-refractivity contribution in [3.8, 4) is 5.75 Å². The molecule has 1 N–H and O–H groups in total. The standard InChI is InChI=1S/C12H18ClNO/c1-10(2)15-12-6-3-5-11(9-12)14-8-4-7-13/h3,5-6,9-10,14H,4,7-8H2,1-2H3. The maximum Gasteiger partial charge on any atom is 0.121 e. The van der Waals surface area contributed by atoms with Crippen molar-refractivity contribution < 1.29 is 4.74 Å². The van der Waals surface area contributed by atoms with Gasteiger partial charge in [-0.2, -0.15) is 0 Å². The van der Waals surface area contributed by atoms with Crippen LogP contribution in [0.15, 0.2) is 24.3 Å². The predicted octanol–water partition coefficient (Wildman–Crippen LogP) is 3.51. The van der Waals surface area contributed by atoms with Gasteiger partial charge in [0.2, 0.25) is 0 Å². The molecule has 84 valence electrons. The maximum absolute atomic E-state index is 5.60. The molecule has 0 aliphatic carbocycles. The van der Waals surface area contributed by atoms with Gasteiger partial charge in [-0.15, -0.1) is 11.6 Å². The summed E-state index contributed by atoms with van der Waals surface area (Å²) in [4.78, 5) is 0. The molecule has 0 heterocycles. The molecular weight excluding hydrogens is 210 g/mol. The van der Waals surface area contributed by atoms with E-state index in [1.54, 1.807) is 0 Å². The summed E-state index contributed by atoms with van der Waals surface area (Å²) in [5, 5.41) is 3.29. The van der Waals surface area contributed by atoms with Gasteiger partial charge in [0.1, 0.15) is 5.75 Å². The van der Waals surface area contributed by atoms with Gasteiger partial charge in [0, 0.05) is 24.2 Å². The minimum atomic E-state index is 0.211. The van der Waals surface area contributed by atoms with E-state index in [0.29, 0.717) is 5.88 Å². The molecule has 0 saturated carbocycles. The number of ether oxygens (including phenoxy) is 1. The van der Waals surface area contributed by atoms with E-state index in [4.69, 9.17) is 16.3 Å². The fourth-order valence-corrected chi connectivity index (χ4v) is 1.38. The van der Waals surface area contributed by atoms with E-state index in [1.165, 1.54) is 0 Å². The van der Waals surface area contributed by atoms with Crippen molar-refractivity contribution in [2.45, 2.75) is 26.4 Å². The first-order valence-corrected chi connectivity index (χ1v) is 5.82. The summed E-state index contributed by atoms with van der Waals surface area (Å²) in [6.45, 7) is 4.94. The van der Waals surface area contributed by atoms with Crippen LogP contribution in [0.25, 0.3) is 0 Å². The second-order valence-corrected chi connectivity index (χ2v) is 4.04. The molecule has 0 unspecified atom stereocenters. The lowest BCUT2D eigenvalue weighted by molar-refractivity contribution is 0.242. The summed E-state index contributed by atoms with van der Waals surface area (Å²) < 4.78 is 5.60. The van der Waals surface area contributed by atoms with Crippen molar-refractivity contribution in [2.24, 2.45) is 0 Å². The lowest BCUT2D eigenvalue weighted by Gasteiger charge is -2.11. The Morgan fingerprint density at radius 2 is 2.20 bits per heavy atom. The van der Waals surface area contributed by atoms with Crippen molar-refractivity contribution in [3.63, 3.8) is 0 Å². The van der Waals surface area contributed by atoms with Crippen LogP contribution in [0.5, 0.6) is 5.75 Å². The van der Waals surface area contributed by atoms with Crippen LogP contribution in [-0.2, 0) is 0 Å². The Morgan fingerprint density at radius 1 is 1.40 bits per heavy atom. The van der Waals surface area contributed by atoms with Crippen LogP contribution in [-0.4, -0.2) is 18.5 Å². The van der Waals surface area contributed by atoms with Crippen LogP contribution in [0.1, 0.15) is 20.3 Å². The molecule has 1 aromatic rings. The Morgan fingerprint density at radius 3 is 2.87 bits per heavy atom. The lowest BCUT2D eigenvalue weighted by atomic mass is 10.3. The van der Waals surface area contributed by atoms with Crippen LogP contribution in [0, 0.1) is 0 Å². The van der Waals surface area contributed by atoms with Crippen LogP contribution in [0.3, 0.4) is 0 Å². The minimum Gasteiger partial charge on any atom is -0.491 e. The van der Waals surface area contributed by atoms with E-state index in [2.05, 4.69) is 5.32 Å². The number of nitrogens with one attached hydrogen (secondary N) is 1. The second kappa shape index (κ2) is 6.57. The van der Waals surface area contributed by atoms with Crippen LogP contribution in [0.4, 0.5) is 5.69 Å². The normalized spacial score (nSPS) is 10.4. The van der Waals surface area contributed by atoms with Crippen molar-refractivity contribution in [2.75, 3.05) is 17.7 Å². The number of anilines is 1. The Kier molecular flexibility index (Phi) is 5.33. The predicted molar refractivity (Wildman–Crippen MR) is 66.0 cm³/mol. The highest BCUT2D eigenvalue weighted by atomic mass is 35.5. The van der Waals surface area contributed by atoms with Crippen molar-refractivity contribution in [1.82, 2.24) is 0 Å². The molecule has 15 heavy (non-hydrogen) atoms. The number of hydrogen-bond acceptors (Lipinski definition) is 2. The third-order valence-corrected chi connectivity index (χ3v) is 2.11. The fourth-order valence-electron chi connectivity index (χ4n) is 1.25. The Balaban J connectivity index is 2.50. The number of rotatable bonds is 6. The summed E-state index contributed by atoms with van der Waals surface area (Å²) in [6.07, 6.45) is 1.18. The highest BCUT2D eigenvalue weighted by Gasteiger charge is 1.98. The Labute approximate surface area is 96.6 Å². The topological polar surface area (TPSA) is 21.3 Å². The van der Waals surface area contributed by atoms with Gasteiger partial charge < -0.3 is 10.1 Å². The summed E-state index contributed by atoms with van der Waals surface area (Å²) >= 11 is 5.60. The van der Waals surface area contributed by atoms with E-state index in [0.717, 1.165) is 24.4 Å². The SMILES string of the molecule is CC(C)Oc1cccc(NCCCCl)c1. The van der Waals surface area contributed by atoms with Crippen molar-refractivity contribution >= 4 is 17.3 Å². The Hall–Kier alpha value is -0.890. The molecule has 0 aromatic heterocycles. The highest BCUT2D eigenvalue weighted by Crippen LogP contribution is 2.18. The highest BCUT2D eigenvalue weighted by molar-refractivity contribution is 6.17. The molecule has 0 aliphatic rings. The van der Waals surface area contributed by atoms with E-state index < -0.39 is 0 Å². The molecule has 0 radical (unpaired) electrons. The van der Waals surface area contributed by atoms with Gasteiger partial charge in [-0.05, 0) is 32.4 Å². The van der Waals surface area contributed by atoms with E-state index >= 15 is 0 Å². The summed E-state index contributed by atoms with van der Waals surface area (Å²) in [7, 11) is 0. The molecule has 3 heteroatoms. The molecule has 2 nitrogen and oxygen atoms in total. The third kappa shape index (κ3) is 4.93. The molecular formula is C12H18ClNO. The van der Waals surface area contributed by atoms with E-state index in [9.17, 15) is 0 Å². The minimum absolute atomic E-state index is 0.211. The first kappa shape index (κ1) is 12.2. The summed E-state index contributed by atoms with van der Waals surface area (Å²) in [5.74, 6) is 1.59. The van der Waals surface area contributed by atoms with E-state index in [1.807, 2.05) is 38.1 Å². The molecule has 0 amide bonds. The van der Waals surface area contributed by atoms with Gasteiger partial charge in [0.15, 0.2) is 0 Å². The summed E-state index contributed by atoms with van der Waals surface area (Å²) in [5.41, 5.74) is 1.08. The van der Waals surface area contributed by atoms with E-state index in [-0.39, 0.29) is 6.10 Å². The number of hydrogen-bond donors (Lipinski definition) is 1. The van der Waals surface area contributed by atoms with Gasteiger partial charge in [0.25, 0.3) is 0 Å². The van der Waals surface area contributed by atoms with Gasteiger partial charge in [-0.3, -0.25) is 0 Å². The first-order chi connectivity index (χ1) is 7.22. The molecule has 0 spiro atoms. The van der Waals surface area contributed by atoms with Crippen LogP contribution >= 0.6 is 11.6 Å². The maximum atomic E-state index is 5.60. The number of halogens is 1. The molecule has 1 aromatic carbocycles. The van der Waals surface area contributed by atoms with Gasteiger partial charge in [-0.25, -0.2) is 0 Å². The molecule has 0 fully saturated rings. The average molecular weight is 228 g/mol. The molecule has 0 aliphatic heterocycles. The zero-order valence-electron chi connectivity index (χ0n) is 9.29. The monoisotopic (exact) mass is 227 g/mol. The zero-order valence-corrected chi connectivity index (χ0v) is 10.1. The smallest absolute Gasteiger partial charge is 0.121 e. The molecule has 1 rings (SSSR count). The number of alkyl halides is 1. The molecule has 0 saturated heterocycles. The zero-order chi connectivity index (χ0) is 11.1.